The Morgan fingerprint density at radius 2 is 1.56 bits per heavy atom. The van der Waals surface area contributed by atoms with Gasteiger partial charge in [-0.2, -0.15) is 0 Å². The molecule has 2 heterocycles. The third-order valence-electron chi connectivity index (χ3n) is 1.46. The molecule has 0 bridgehead atoms. The predicted octanol–water partition coefficient (Wildman–Crippen LogP) is 3.71. The van der Waals surface area contributed by atoms with Gasteiger partial charge in [0.2, 0.25) is 0 Å². The Morgan fingerprint density at radius 1 is 1.00 bits per heavy atom. The lowest BCUT2D eigenvalue weighted by atomic mass is 10.5. The molecule has 0 fully saturated rings. The van der Waals surface area contributed by atoms with Crippen molar-refractivity contribution in [2.24, 2.45) is 0 Å². The average molecular weight is 224 g/mol. The minimum Gasteiger partial charge on any atom is -0.326 e. The van der Waals surface area contributed by atoms with E-state index in [2.05, 4.69) is 4.98 Å². The summed E-state index contributed by atoms with van der Waals surface area (Å²) in [4.78, 5) is 13.5. The molecule has 3 nitrogen and oxygen atoms in total. The van der Waals surface area contributed by atoms with Crippen molar-refractivity contribution < 1.29 is 0 Å². The highest BCUT2D eigenvalue weighted by Crippen LogP contribution is 1.94. The van der Waals surface area contributed by atoms with E-state index >= 15 is 0 Å². The van der Waals surface area contributed by atoms with Crippen molar-refractivity contribution in [1.82, 2.24) is 9.38 Å². The van der Waals surface area contributed by atoms with Crippen LogP contribution in [0.2, 0.25) is 0 Å². The van der Waals surface area contributed by atoms with Crippen LogP contribution in [0.15, 0.2) is 35.5 Å². The molecular formula is C13H24N2O. The first-order chi connectivity index (χ1) is 7.88. The van der Waals surface area contributed by atoms with Gasteiger partial charge in [-0.05, 0) is 12.1 Å². The average Bonchev–Trinajstić information content (AvgIpc) is 2.87. The van der Waals surface area contributed by atoms with Crippen LogP contribution in [0, 0.1) is 0 Å². The molecule has 3 heteroatoms. The predicted molar refractivity (Wildman–Crippen MR) is 72.1 cm³/mol. The van der Waals surface area contributed by atoms with E-state index in [1.807, 2.05) is 53.8 Å². The molecule has 0 amide bonds. The lowest BCUT2D eigenvalue weighted by Gasteiger charge is -1.88. The number of aromatic nitrogens is 2. The number of aromatic amines is 1. The molecule has 0 aromatic carbocycles. The number of hydrogen-bond acceptors (Lipinski definition) is 1. The van der Waals surface area contributed by atoms with Gasteiger partial charge in [-0.3, -0.25) is 4.79 Å². The molecule has 0 aliphatic heterocycles. The summed E-state index contributed by atoms with van der Waals surface area (Å²) in [5.74, 6) is 0. The van der Waals surface area contributed by atoms with E-state index in [9.17, 15) is 4.79 Å². The van der Waals surface area contributed by atoms with E-state index in [-0.39, 0.29) is 5.56 Å². The fraction of sp³-hybridized carbons (Fsp3) is 0.462. The number of fused-ring (bicyclic) bond motifs is 1. The Hall–Kier alpha value is -1.51. The van der Waals surface area contributed by atoms with E-state index in [1.165, 1.54) is 0 Å². The quantitative estimate of drug-likeness (QED) is 0.727. The number of rotatable bonds is 0. The fourth-order valence-electron chi connectivity index (χ4n) is 0.983. The zero-order valence-electron chi connectivity index (χ0n) is 11.2. The second-order valence-corrected chi connectivity index (χ2v) is 2.09. The smallest absolute Gasteiger partial charge is 0.272 e. The second-order valence-electron chi connectivity index (χ2n) is 2.09. The van der Waals surface area contributed by atoms with Crippen molar-refractivity contribution in [2.45, 2.75) is 41.5 Å². The molecule has 0 spiro atoms. The molecule has 0 saturated heterocycles. The topological polar surface area (TPSA) is 37.3 Å². The number of hydrogen-bond donors (Lipinski definition) is 1. The molecule has 0 radical (unpaired) electrons. The van der Waals surface area contributed by atoms with Crippen LogP contribution in [-0.2, 0) is 0 Å². The number of nitrogens with one attached hydrogen (secondary N) is 1. The van der Waals surface area contributed by atoms with Gasteiger partial charge < -0.3 is 9.38 Å². The minimum atomic E-state index is -0.0486. The Morgan fingerprint density at radius 3 is 2.06 bits per heavy atom. The summed E-state index contributed by atoms with van der Waals surface area (Å²) in [6.45, 7) is 12.0. The van der Waals surface area contributed by atoms with E-state index in [4.69, 9.17) is 0 Å². The van der Waals surface area contributed by atoms with Crippen molar-refractivity contribution in [3.63, 3.8) is 0 Å². The van der Waals surface area contributed by atoms with Gasteiger partial charge in [0.05, 0.1) is 0 Å². The summed E-state index contributed by atoms with van der Waals surface area (Å²) in [6, 6.07) is 3.61. The maximum Gasteiger partial charge on any atom is 0.272 e. The summed E-state index contributed by atoms with van der Waals surface area (Å²) in [5, 5.41) is 0. The molecule has 92 valence electrons. The van der Waals surface area contributed by atoms with Crippen molar-refractivity contribution in [3.8, 4) is 0 Å². The van der Waals surface area contributed by atoms with Gasteiger partial charge in [-0.1, -0.05) is 41.5 Å². The van der Waals surface area contributed by atoms with Crippen LogP contribution < -0.4 is 5.56 Å². The van der Waals surface area contributed by atoms with Crippen LogP contribution in [0.5, 0.6) is 0 Å². The highest BCUT2D eigenvalue weighted by molar-refractivity contribution is 5.44. The van der Waals surface area contributed by atoms with Gasteiger partial charge in [0.15, 0.2) is 0 Å². The SMILES string of the molecule is CC.CC.CC.O=c1[nH]ccn2cccc12. The molecule has 2 rings (SSSR count). The Kier molecular flexibility index (Phi) is 12.2. The van der Waals surface area contributed by atoms with Crippen molar-refractivity contribution >= 4 is 5.52 Å². The van der Waals surface area contributed by atoms with E-state index in [0.29, 0.717) is 5.52 Å². The van der Waals surface area contributed by atoms with Crippen LogP contribution in [-0.4, -0.2) is 9.38 Å². The molecule has 0 aliphatic rings. The van der Waals surface area contributed by atoms with E-state index < -0.39 is 0 Å². The zero-order chi connectivity index (χ0) is 13.0. The van der Waals surface area contributed by atoms with E-state index in [0.717, 1.165) is 0 Å². The molecule has 0 aliphatic carbocycles. The largest absolute Gasteiger partial charge is 0.326 e. The first-order valence-corrected chi connectivity index (χ1v) is 6.02. The zero-order valence-corrected chi connectivity index (χ0v) is 11.2. The van der Waals surface area contributed by atoms with Crippen molar-refractivity contribution in [1.29, 1.82) is 0 Å². The van der Waals surface area contributed by atoms with Gasteiger partial charge in [-0.25, -0.2) is 0 Å². The Bertz CT molecular complexity index is 401. The standard InChI is InChI=1S/C7H6N2O.3C2H6/c10-7-6-2-1-4-9(6)5-3-8-7;3*1-2/h1-5H,(H,8,10);3*1-2H3. The first-order valence-electron chi connectivity index (χ1n) is 6.02. The fourth-order valence-corrected chi connectivity index (χ4v) is 0.983. The third kappa shape index (κ3) is 4.82. The van der Waals surface area contributed by atoms with Crippen molar-refractivity contribution in [2.75, 3.05) is 0 Å². The molecule has 0 atom stereocenters. The van der Waals surface area contributed by atoms with Crippen LogP contribution >= 0.6 is 0 Å². The molecule has 2 aromatic heterocycles. The van der Waals surface area contributed by atoms with Crippen LogP contribution in [0.1, 0.15) is 41.5 Å². The highest BCUT2D eigenvalue weighted by Gasteiger charge is 1.92. The second kappa shape index (κ2) is 11.6. The molecular weight excluding hydrogens is 200 g/mol. The number of H-pyrrole nitrogens is 1. The monoisotopic (exact) mass is 224 g/mol. The summed E-state index contributed by atoms with van der Waals surface area (Å²) >= 11 is 0. The van der Waals surface area contributed by atoms with Crippen LogP contribution in [0.4, 0.5) is 0 Å². The van der Waals surface area contributed by atoms with Gasteiger partial charge in [-0.15, -0.1) is 0 Å². The van der Waals surface area contributed by atoms with Gasteiger partial charge in [0, 0.05) is 18.6 Å². The summed E-state index contributed by atoms with van der Waals surface area (Å²) in [6.07, 6.45) is 5.26. The molecule has 16 heavy (non-hydrogen) atoms. The van der Waals surface area contributed by atoms with Crippen LogP contribution in [0.3, 0.4) is 0 Å². The van der Waals surface area contributed by atoms with Gasteiger partial charge in [0.1, 0.15) is 5.52 Å². The maximum absolute atomic E-state index is 11.0. The summed E-state index contributed by atoms with van der Waals surface area (Å²) < 4.78 is 1.78. The molecule has 0 saturated carbocycles. The highest BCUT2D eigenvalue weighted by atomic mass is 16.1. The number of nitrogens with zero attached hydrogens (tertiary/aromatic N) is 1. The van der Waals surface area contributed by atoms with Crippen molar-refractivity contribution in [3.05, 3.63) is 41.1 Å². The molecule has 1 N–H and O–H groups in total. The maximum atomic E-state index is 11.0. The molecule has 0 unspecified atom stereocenters. The van der Waals surface area contributed by atoms with E-state index in [1.54, 1.807) is 22.9 Å². The summed E-state index contributed by atoms with van der Waals surface area (Å²) in [5.41, 5.74) is 0.634. The lowest BCUT2D eigenvalue weighted by molar-refractivity contribution is 1.11. The van der Waals surface area contributed by atoms with Crippen LogP contribution in [0.25, 0.3) is 5.52 Å². The summed E-state index contributed by atoms with van der Waals surface area (Å²) in [7, 11) is 0. The Balaban J connectivity index is 0. The van der Waals surface area contributed by atoms with Gasteiger partial charge >= 0.3 is 0 Å². The molecule has 2 aromatic rings. The minimum absolute atomic E-state index is 0.0486. The van der Waals surface area contributed by atoms with Gasteiger partial charge in [0.25, 0.3) is 5.56 Å². The normalized spacial score (nSPS) is 7.62. The first kappa shape index (κ1) is 16.9. The Labute approximate surface area is 98.1 Å². The lowest BCUT2D eigenvalue weighted by Crippen LogP contribution is -2.06. The third-order valence-corrected chi connectivity index (χ3v) is 1.46.